The number of carbonyl (C=O) groups is 1. The maximum absolute atomic E-state index is 12.8. The predicted octanol–water partition coefficient (Wildman–Crippen LogP) is 3.18. The van der Waals surface area contributed by atoms with Crippen LogP contribution in [0.2, 0.25) is 0 Å². The molecule has 1 N–H and O–H groups in total. The first-order chi connectivity index (χ1) is 13.7. The summed E-state index contributed by atoms with van der Waals surface area (Å²) in [6.07, 6.45) is 8.04. The number of aromatic nitrogens is 2. The number of ether oxygens (including phenoxy) is 1. The summed E-state index contributed by atoms with van der Waals surface area (Å²) in [4.78, 5) is 15.5. The Bertz CT molecular complexity index is 812. The van der Waals surface area contributed by atoms with Crippen molar-refractivity contribution >= 4 is 5.91 Å². The van der Waals surface area contributed by atoms with Crippen LogP contribution in [0.15, 0.2) is 30.5 Å². The minimum Gasteiger partial charge on any atom is -0.497 e. The van der Waals surface area contributed by atoms with Gasteiger partial charge in [0, 0.05) is 12.6 Å². The Morgan fingerprint density at radius 1 is 1.18 bits per heavy atom. The molecule has 1 aromatic carbocycles. The summed E-state index contributed by atoms with van der Waals surface area (Å²) >= 11 is 0. The van der Waals surface area contributed by atoms with E-state index in [1.54, 1.807) is 18.0 Å². The fourth-order valence-corrected chi connectivity index (χ4v) is 4.75. The topological polar surface area (TPSA) is 59.4 Å². The van der Waals surface area contributed by atoms with Crippen molar-refractivity contribution < 1.29 is 9.53 Å². The van der Waals surface area contributed by atoms with Crippen LogP contribution < -0.4 is 10.1 Å². The van der Waals surface area contributed by atoms with Crippen LogP contribution in [0.5, 0.6) is 5.75 Å². The molecule has 0 aliphatic carbocycles. The van der Waals surface area contributed by atoms with Gasteiger partial charge in [0.1, 0.15) is 5.75 Å². The zero-order chi connectivity index (χ0) is 19.5. The number of methoxy groups -OCH3 is 1. The molecule has 1 aromatic heterocycles. The van der Waals surface area contributed by atoms with Gasteiger partial charge in [0.25, 0.3) is 5.91 Å². The molecule has 2 fully saturated rings. The molecule has 3 heterocycles. The van der Waals surface area contributed by atoms with Gasteiger partial charge in [-0.3, -0.25) is 4.79 Å². The van der Waals surface area contributed by atoms with Gasteiger partial charge in [-0.1, -0.05) is 6.42 Å². The highest BCUT2D eigenvalue weighted by molar-refractivity contribution is 5.95. The molecule has 0 saturated carbocycles. The largest absolute Gasteiger partial charge is 0.497 e. The first-order valence-electron chi connectivity index (χ1n) is 10.4. The van der Waals surface area contributed by atoms with Crippen LogP contribution in [0.3, 0.4) is 0 Å². The Hall–Kier alpha value is -2.34. The third kappa shape index (κ3) is 3.78. The number of amides is 1. The van der Waals surface area contributed by atoms with Crippen LogP contribution in [0.4, 0.5) is 0 Å². The quantitative estimate of drug-likeness (QED) is 0.863. The number of nitrogens with one attached hydrogen (secondary N) is 1. The Balaban J connectivity index is 1.41. The van der Waals surface area contributed by atoms with Gasteiger partial charge in [-0.15, -0.1) is 0 Å². The van der Waals surface area contributed by atoms with E-state index in [1.807, 2.05) is 31.2 Å². The molecule has 2 aliphatic heterocycles. The zero-order valence-corrected chi connectivity index (χ0v) is 16.9. The average Bonchev–Trinajstić information content (AvgIpc) is 3.13. The monoisotopic (exact) mass is 382 g/mol. The number of fused-ring (bicyclic) bond motifs is 1. The number of carbonyl (C=O) groups excluding carboxylic acids is 1. The van der Waals surface area contributed by atoms with Gasteiger partial charge in [-0.25, -0.2) is 4.68 Å². The van der Waals surface area contributed by atoms with E-state index in [4.69, 9.17) is 4.74 Å². The van der Waals surface area contributed by atoms with Crippen molar-refractivity contribution in [2.45, 2.75) is 45.1 Å². The summed E-state index contributed by atoms with van der Waals surface area (Å²) < 4.78 is 7.01. The molecule has 28 heavy (non-hydrogen) atoms. The molecule has 2 aromatic rings. The minimum absolute atomic E-state index is 0.0230. The number of nitrogens with zero attached hydrogens (tertiary/aromatic N) is 3. The second-order valence-electron chi connectivity index (χ2n) is 7.96. The van der Waals surface area contributed by atoms with Crippen molar-refractivity contribution in [1.29, 1.82) is 0 Å². The van der Waals surface area contributed by atoms with Crippen LogP contribution in [-0.2, 0) is 0 Å². The highest BCUT2D eigenvalue weighted by Crippen LogP contribution is 2.30. The van der Waals surface area contributed by atoms with E-state index < -0.39 is 0 Å². The molecule has 6 heteroatoms. The van der Waals surface area contributed by atoms with Crippen molar-refractivity contribution in [3.63, 3.8) is 0 Å². The fourth-order valence-electron chi connectivity index (χ4n) is 4.75. The van der Waals surface area contributed by atoms with Crippen molar-refractivity contribution in [3.8, 4) is 11.4 Å². The average molecular weight is 383 g/mol. The Morgan fingerprint density at radius 2 is 1.96 bits per heavy atom. The normalized spacial score (nSPS) is 22.5. The van der Waals surface area contributed by atoms with E-state index in [0.717, 1.165) is 23.7 Å². The minimum atomic E-state index is -0.0230. The third-order valence-electron chi connectivity index (χ3n) is 6.32. The van der Waals surface area contributed by atoms with Crippen molar-refractivity contribution in [1.82, 2.24) is 20.0 Å². The molecule has 2 aliphatic rings. The van der Waals surface area contributed by atoms with Gasteiger partial charge in [-0.05, 0) is 75.9 Å². The summed E-state index contributed by atoms with van der Waals surface area (Å²) in [5.41, 5.74) is 2.42. The molecule has 6 nitrogen and oxygen atoms in total. The lowest BCUT2D eigenvalue weighted by molar-refractivity contribution is 0.0575. The van der Waals surface area contributed by atoms with Crippen LogP contribution in [0.25, 0.3) is 5.69 Å². The first kappa shape index (κ1) is 19.0. The Labute approximate surface area is 166 Å². The molecule has 0 bridgehead atoms. The number of rotatable bonds is 5. The zero-order valence-electron chi connectivity index (χ0n) is 16.9. The van der Waals surface area contributed by atoms with Crippen molar-refractivity contribution in [3.05, 3.63) is 41.7 Å². The molecular weight excluding hydrogens is 352 g/mol. The number of hydrogen-bond donors (Lipinski definition) is 1. The lowest BCUT2D eigenvalue weighted by atomic mass is 9.83. The summed E-state index contributed by atoms with van der Waals surface area (Å²) in [5, 5.41) is 7.62. The van der Waals surface area contributed by atoms with Crippen molar-refractivity contribution in [2.75, 3.05) is 26.7 Å². The highest BCUT2D eigenvalue weighted by Gasteiger charge is 2.33. The van der Waals surface area contributed by atoms with Gasteiger partial charge >= 0.3 is 0 Å². The third-order valence-corrected chi connectivity index (χ3v) is 6.32. The van der Waals surface area contributed by atoms with E-state index >= 15 is 0 Å². The molecule has 2 atom stereocenters. The van der Waals surface area contributed by atoms with Crippen LogP contribution in [0.1, 0.15) is 48.2 Å². The number of piperidine rings is 2. The lowest BCUT2D eigenvalue weighted by Crippen LogP contribution is -2.51. The SMILES string of the molecule is COc1ccc(-n2ncc(C(=O)NC[C@H]3CCCN4CCCC[C@H]34)c2C)cc1. The van der Waals surface area contributed by atoms with Crippen LogP contribution in [-0.4, -0.2) is 53.4 Å². The van der Waals surface area contributed by atoms with Crippen LogP contribution >= 0.6 is 0 Å². The Kier molecular flexibility index (Phi) is 5.67. The van der Waals surface area contributed by atoms with E-state index in [-0.39, 0.29) is 5.91 Å². The maximum Gasteiger partial charge on any atom is 0.254 e. The van der Waals surface area contributed by atoms with Gasteiger partial charge < -0.3 is 15.0 Å². The highest BCUT2D eigenvalue weighted by atomic mass is 16.5. The summed E-state index contributed by atoms with van der Waals surface area (Å²) in [6, 6.07) is 8.33. The van der Waals surface area contributed by atoms with Gasteiger partial charge in [0.15, 0.2) is 0 Å². The van der Waals surface area contributed by atoms with Gasteiger partial charge in [0.2, 0.25) is 0 Å². The van der Waals surface area contributed by atoms with E-state index in [0.29, 0.717) is 17.5 Å². The Morgan fingerprint density at radius 3 is 2.75 bits per heavy atom. The van der Waals surface area contributed by atoms with Gasteiger partial charge in [-0.2, -0.15) is 5.10 Å². The lowest BCUT2D eigenvalue weighted by Gasteiger charge is -2.44. The molecule has 0 spiro atoms. The summed E-state index contributed by atoms with van der Waals surface area (Å²) in [7, 11) is 1.65. The van der Waals surface area contributed by atoms with Crippen molar-refractivity contribution in [2.24, 2.45) is 5.92 Å². The second-order valence-corrected chi connectivity index (χ2v) is 7.96. The fraction of sp³-hybridized carbons (Fsp3) is 0.545. The van der Waals surface area contributed by atoms with Gasteiger partial charge in [0.05, 0.1) is 30.3 Å². The molecule has 150 valence electrons. The van der Waals surface area contributed by atoms with E-state index in [9.17, 15) is 4.79 Å². The first-order valence-corrected chi connectivity index (χ1v) is 10.4. The molecule has 0 unspecified atom stereocenters. The molecule has 1 amide bonds. The molecule has 4 rings (SSSR count). The van der Waals surface area contributed by atoms with E-state index in [2.05, 4.69) is 15.3 Å². The van der Waals surface area contributed by atoms with Crippen LogP contribution in [0, 0.1) is 12.8 Å². The summed E-state index contributed by atoms with van der Waals surface area (Å²) in [6.45, 7) is 5.15. The summed E-state index contributed by atoms with van der Waals surface area (Å²) in [5.74, 6) is 1.34. The molecule has 2 saturated heterocycles. The molecular formula is C22H30N4O2. The standard InChI is InChI=1S/C22H30N4O2/c1-16-20(15-24-26(16)18-8-10-19(28-2)11-9-18)22(27)23-14-17-6-5-13-25-12-4-3-7-21(17)25/h8-11,15,17,21H,3-7,12-14H2,1-2H3,(H,23,27)/t17-,21-/m1/s1. The molecule has 0 radical (unpaired) electrons. The van der Waals surface area contributed by atoms with E-state index in [1.165, 1.54) is 45.2 Å². The number of benzene rings is 1. The smallest absolute Gasteiger partial charge is 0.254 e. The number of hydrogen-bond acceptors (Lipinski definition) is 4. The predicted molar refractivity (Wildman–Crippen MR) is 109 cm³/mol. The second kappa shape index (κ2) is 8.35. The maximum atomic E-state index is 12.8.